The van der Waals surface area contributed by atoms with Crippen molar-refractivity contribution in [2.45, 2.75) is 31.6 Å². The van der Waals surface area contributed by atoms with Crippen molar-refractivity contribution in [2.24, 2.45) is 0 Å². The van der Waals surface area contributed by atoms with Crippen molar-refractivity contribution in [3.63, 3.8) is 0 Å². The van der Waals surface area contributed by atoms with E-state index in [4.69, 9.17) is 5.11 Å². The molecular formula is C18H23NO5S. The van der Waals surface area contributed by atoms with Crippen LogP contribution in [0.2, 0.25) is 0 Å². The molecule has 0 aromatic heterocycles. The second-order valence-electron chi connectivity index (χ2n) is 5.57. The number of carboxylic acid groups (broad SMARTS) is 1. The molecule has 0 unspecified atom stereocenters. The predicted molar refractivity (Wildman–Crippen MR) is 95.8 cm³/mol. The molecule has 0 aliphatic rings. The van der Waals surface area contributed by atoms with E-state index in [9.17, 15) is 18.0 Å². The van der Waals surface area contributed by atoms with E-state index in [1.54, 1.807) is 24.3 Å². The van der Waals surface area contributed by atoms with Gasteiger partial charge in [-0.3, -0.25) is 4.79 Å². The van der Waals surface area contributed by atoms with Crippen molar-refractivity contribution < 1.29 is 23.1 Å². The summed E-state index contributed by atoms with van der Waals surface area (Å²) >= 11 is 0. The Balaban J connectivity index is 2.89. The van der Waals surface area contributed by atoms with Crippen LogP contribution in [0.4, 0.5) is 0 Å². The molecular weight excluding hydrogens is 342 g/mol. The fourth-order valence-corrected chi connectivity index (χ4v) is 3.50. The predicted octanol–water partition coefficient (Wildman–Crippen LogP) is 2.55. The molecule has 0 heterocycles. The minimum absolute atomic E-state index is 0.0818. The Hall–Kier alpha value is -2.25. The molecule has 0 amide bonds. The molecule has 0 aliphatic heterocycles. The van der Waals surface area contributed by atoms with E-state index in [0.29, 0.717) is 12.8 Å². The van der Waals surface area contributed by atoms with E-state index in [2.05, 4.69) is 0 Å². The second kappa shape index (κ2) is 9.90. The third kappa shape index (κ3) is 7.45. The van der Waals surface area contributed by atoms with Gasteiger partial charge >= 0.3 is 5.97 Å². The first-order chi connectivity index (χ1) is 11.7. The summed E-state index contributed by atoms with van der Waals surface area (Å²) < 4.78 is 26.9. The summed E-state index contributed by atoms with van der Waals surface area (Å²) in [6.07, 6.45) is 6.30. The number of carbonyl (C=O) groups excluding carboxylic acids is 1. The Morgan fingerprint density at radius 2 is 1.76 bits per heavy atom. The molecule has 136 valence electrons. The molecule has 1 aromatic rings. The van der Waals surface area contributed by atoms with Crippen molar-refractivity contribution in [2.75, 3.05) is 13.1 Å². The van der Waals surface area contributed by atoms with Gasteiger partial charge in [-0.25, -0.2) is 13.2 Å². The molecule has 0 aliphatic carbocycles. The molecule has 25 heavy (non-hydrogen) atoms. The van der Waals surface area contributed by atoms with Crippen molar-refractivity contribution in [1.29, 1.82) is 0 Å². The zero-order chi connectivity index (χ0) is 18.9. The number of nitrogens with zero attached hydrogens (tertiary/aromatic N) is 1. The number of unbranched alkanes of at least 4 members (excludes halogenated alkanes) is 1. The van der Waals surface area contributed by atoms with E-state index < -0.39 is 16.0 Å². The number of carboxylic acids is 1. The maximum absolute atomic E-state index is 12.8. The van der Waals surface area contributed by atoms with Gasteiger partial charge in [0.25, 0.3) is 0 Å². The molecule has 0 saturated carbocycles. The van der Waals surface area contributed by atoms with Gasteiger partial charge in [0.05, 0.1) is 4.90 Å². The number of carbonyl (C=O) groups is 2. The van der Waals surface area contributed by atoms with Gasteiger partial charge in [0.15, 0.2) is 5.78 Å². The van der Waals surface area contributed by atoms with Crippen LogP contribution < -0.4 is 0 Å². The maximum atomic E-state index is 12.8. The van der Waals surface area contributed by atoms with E-state index in [1.807, 2.05) is 6.92 Å². The highest BCUT2D eigenvalue weighted by Crippen LogP contribution is 2.17. The topological polar surface area (TPSA) is 91.8 Å². The summed E-state index contributed by atoms with van der Waals surface area (Å²) in [5, 5.41) is 8.56. The third-order valence-corrected chi connectivity index (χ3v) is 5.24. The highest BCUT2D eigenvalue weighted by Gasteiger charge is 2.22. The lowest BCUT2D eigenvalue weighted by molar-refractivity contribution is -0.131. The number of rotatable bonds is 10. The highest BCUT2D eigenvalue weighted by atomic mass is 32.2. The van der Waals surface area contributed by atoms with E-state index >= 15 is 0 Å². The molecule has 0 radical (unpaired) electrons. The number of hydrogen-bond acceptors (Lipinski definition) is 4. The standard InChI is InChI=1S/C18H23NO5S/c1-15-9-11-17(12-10-15)25(23,24)19(14-6-7-16(2)20)13-5-3-4-8-18(21)22/h4,6-12H,3,5,13-14H2,1-2H3,(H,21,22)/b7-6+,8-4+. The quantitative estimate of drug-likeness (QED) is 0.508. The Kier molecular flexibility index (Phi) is 8.24. The number of ketones is 1. The molecule has 7 heteroatoms. The summed E-state index contributed by atoms with van der Waals surface area (Å²) in [6, 6.07) is 6.56. The van der Waals surface area contributed by atoms with Crippen LogP contribution in [0.15, 0.2) is 53.5 Å². The van der Waals surface area contributed by atoms with Crippen LogP contribution in [0.25, 0.3) is 0 Å². The van der Waals surface area contributed by atoms with Crippen molar-refractivity contribution >= 4 is 21.8 Å². The first kappa shape index (κ1) is 20.8. The maximum Gasteiger partial charge on any atom is 0.327 e. The van der Waals surface area contributed by atoms with Crippen LogP contribution in [0.3, 0.4) is 0 Å². The lowest BCUT2D eigenvalue weighted by Crippen LogP contribution is -2.32. The zero-order valence-electron chi connectivity index (χ0n) is 14.4. The Labute approximate surface area is 148 Å². The van der Waals surface area contributed by atoms with Crippen LogP contribution in [-0.2, 0) is 19.6 Å². The minimum Gasteiger partial charge on any atom is -0.478 e. The normalized spacial score (nSPS) is 12.3. The minimum atomic E-state index is -3.69. The van der Waals surface area contributed by atoms with Crippen LogP contribution in [0.1, 0.15) is 25.3 Å². The fourth-order valence-electron chi connectivity index (χ4n) is 2.07. The largest absolute Gasteiger partial charge is 0.478 e. The Bertz CT molecular complexity index is 748. The van der Waals surface area contributed by atoms with E-state index in [0.717, 1.165) is 11.6 Å². The van der Waals surface area contributed by atoms with Gasteiger partial charge in [-0.2, -0.15) is 4.31 Å². The SMILES string of the molecule is CC(=O)/C=C/CN(CCC/C=C/C(=O)O)S(=O)(=O)c1ccc(C)cc1. The number of aliphatic carboxylic acids is 1. The van der Waals surface area contributed by atoms with Gasteiger partial charge < -0.3 is 5.11 Å². The zero-order valence-corrected chi connectivity index (χ0v) is 15.2. The Morgan fingerprint density at radius 1 is 1.12 bits per heavy atom. The average Bonchev–Trinajstić information content (AvgIpc) is 2.52. The molecule has 0 saturated heterocycles. The molecule has 0 spiro atoms. The summed E-state index contributed by atoms with van der Waals surface area (Å²) in [5.41, 5.74) is 0.959. The number of allylic oxidation sites excluding steroid dienone is 2. The molecule has 1 aromatic carbocycles. The Morgan fingerprint density at radius 3 is 2.32 bits per heavy atom. The monoisotopic (exact) mass is 365 g/mol. The van der Waals surface area contributed by atoms with Gasteiger partial charge in [0.1, 0.15) is 0 Å². The van der Waals surface area contributed by atoms with Crippen molar-refractivity contribution in [3.8, 4) is 0 Å². The summed E-state index contributed by atoms with van der Waals surface area (Å²) in [6.45, 7) is 3.57. The van der Waals surface area contributed by atoms with Crippen LogP contribution in [-0.4, -0.2) is 42.7 Å². The number of hydrogen-bond donors (Lipinski definition) is 1. The summed E-state index contributed by atoms with van der Waals surface area (Å²) in [4.78, 5) is 21.7. The van der Waals surface area contributed by atoms with Gasteiger partial charge in [-0.05, 0) is 44.9 Å². The molecule has 0 atom stereocenters. The highest BCUT2D eigenvalue weighted by molar-refractivity contribution is 7.89. The van der Waals surface area contributed by atoms with Crippen LogP contribution >= 0.6 is 0 Å². The number of benzene rings is 1. The smallest absolute Gasteiger partial charge is 0.327 e. The van der Waals surface area contributed by atoms with E-state index in [1.165, 1.54) is 29.5 Å². The van der Waals surface area contributed by atoms with Crippen molar-refractivity contribution in [3.05, 3.63) is 54.1 Å². The fraction of sp³-hybridized carbons (Fsp3) is 0.333. The second-order valence-corrected chi connectivity index (χ2v) is 7.51. The van der Waals surface area contributed by atoms with Gasteiger partial charge in [-0.1, -0.05) is 29.8 Å². The molecule has 1 rings (SSSR count). The molecule has 0 bridgehead atoms. The summed E-state index contributed by atoms with van der Waals surface area (Å²) in [7, 11) is -3.69. The van der Waals surface area contributed by atoms with Gasteiger partial charge in [0.2, 0.25) is 10.0 Å². The van der Waals surface area contributed by atoms with Crippen LogP contribution in [0, 0.1) is 6.92 Å². The first-order valence-electron chi connectivity index (χ1n) is 7.87. The van der Waals surface area contributed by atoms with Crippen molar-refractivity contribution in [1.82, 2.24) is 4.31 Å². The molecule has 6 nitrogen and oxygen atoms in total. The number of sulfonamides is 1. The van der Waals surface area contributed by atoms with Gasteiger partial charge in [0, 0.05) is 19.2 Å². The van der Waals surface area contributed by atoms with Crippen LogP contribution in [0.5, 0.6) is 0 Å². The first-order valence-corrected chi connectivity index (χ1v) is 9.31. The summed E-state index contributed by atoms with van der Waals surface area (Å²) in [5.74, 6) is -1.19. The third-order valence-electron chi connectivity index (χ3n) is 3.36. The lowest BCUT2D eigenvalue weighted by atomic mass is 10.2. The van der Waals surface area contributed by atoms with E-state index in [-0.39, 0.29) is 23.8 Å². The molecule has 0 fully saturated rings. The van der Waals surface area contributed by atoms with Gasteiger partial charge in [-0.15, -0.1) is 0 Å². The lowest BCUT2D eigenvalue weighted by Gasteiger charge is -2.20. The number of aryl methyl sites for hydroxylation is 1. The average molecular weight is 365 g/mol. The molecule has 1 N–H and O–H groups in total.